The van der Waals surface area contributed by atoms with Crippen LogP contribution in [0, 0.1) is 20.8 Å². The number of benzene rings is 1. The fraction of sp³-hybridized carbons (Fsp3) is 0.462. The van der Waals surface area contributed by atoms with Gasteiger partial charge in [0.25, 0.3) is 0 Å². The van der Waals surface area contributed by atoms with Gasteiger partial charge in [-0.1, -0.05) is 19.1 Å². The lowest BCUT2D eigenvalue weighted by Crippen LogP contribution is -2.00. The molecular weight excluding hydrogens is 172 g/mol. The summed E-state index contributed by atoms with van der Waals surface area (Å²) >= 11 is 0. The van der Waals surface area contributed by atoms with Crippen molar-refractivity contribution in [2.75, 3.05) is 0 Å². The number of rotatable bonds is 3. The van der Waals surface area contributed by atoms with Gasteiger partial charge < -0.3 is 4.79 Å². The average molecular weight is 190 g/mol. The van der Waals surface area contributed by atoms with E-state index in [1.807, 2.05) is 0 Å². The van der Waals surface area contributed by atoms with E-state index < -0.39 is 0 Å². The Hall–Kier alpha value is -1.11. The van der Waals surface area contributed by atoms with Crippen LogP contribution in [0.1, 0.15) is 41.5 Å². The van der Waals surface area contributed by atoms with E-state index in [9.17, 15) is 4.79 Å². The van der Waals surface area contributed by atoms with Gasteiger partial charge in [0.1, 0.15) is 6.29 Å². The molecule has 1 rings (SSSR count). The molecule has 0 saturated carbocycles. The minimum absolute atomic E-state index is 0.340. The van der Waals surface area contributed by atoms with Crippen LogP contribution in [-0.4, -0.2) is 6.29 Å². The number of carbonyl (C=O) groups excluding carboxylic acids is 1. The summed E-state index contributed by atoms with van der Waals surface area (Å²) in [4.78, 5) is 10.5. The Morgan fingerprint density at radius 1 is 1.21 bits per heavy atom. The highest BCUT2D eigenvalue weighted by molar-refractivity contribution is 5.52. The van der Waals surface area contributed by atoms with Crippen molar-refractivity contribution in [1.82, 2.24) is 0 Å². The quantitative estimate of drug-likeness (QED) is 0.668. The van der Waals surface area contributed by atoms with Crippen LogP contribution >= 0.6 is 0 Å². The largest absolute Gasteiger partial charge is 0.303 e. The van der Waals surface area contributed by atoms with Gasteiger partial charge in [0.15, 0.2) is 0 Å². The zero-order chi connectivity index (χ0) is 10.7. The Morgan fingerprint density at radius 3 is 2.43 bits per heavy atom. The van der Waals surface area contributed by atoms with Crippen LogP contribution in [0.4, 0.5) is 0 Å². The topological polar surface area (TPSA) is 17.1 Å². The molecule has 1 unspecified atom stereocenters. The molecule has 1 heteroatoms. The van der Waals surface area contributed by atoms with Gasteiger partial charge in [0.05, 0.1) is 0 Å². The second-order valence-electron chi connectivity index (χ2n) is 4.03. The second kappa shape index (κ2) is 4.41. The van der Waals surface area contributed by atoms with Crippen LogP contribution in [0.15, 0.2) is 12.1 Å². The number of hydrogen-bond acceptors (Lipinski definition) is 1. The van der Waals surface area contributed by atoms with Gasteiger partial charge in [-0.25, -0.2) is 0 Å². The molecule has 0 bridgehead atoms. The van der Waals surface area contributed by atoms with E-state index in [2.05, 4.69) is 39.8 Å². The van der Waals surface area contributed by atoms with Crippen molar-refractivity contribution in [2.45, 2.75) is 40.0 Å². The first kappa shape index (κ1) is 11.0. The SMILES string of the molecule is Cc1ccc(C(C)CC=O)c(C)c1C. The summed E-state index contributed by atoms with van der Waals surface area (Å²) in [6.45, 7) is 8.50. The third-order valence-electron chi connectivity index (χ3n) is 3.08. The van der Waals surface area contributed by atoms with E-state index in [1.54, 1.807) is 0 Å². The Balaban J connectivity index is 3.10. The Bertz CT molecular complexity index is 339. The van der Waals surface area contributed by atoms with E-state index >= 15 is 0 Å². The molecule has 0 radical (unpaired) electrons. The summed E-state index contributed by atoms with van der Waals surface area (Å²) in [5.41, 5.74) is 5.31. The first-order chi connectivity index (χ1) is 6.57. The van der Waals surface area contributed by atoms with Crippen LogP contribution in [0.25, 0.3) is 0 Å². The van der Waals surface area contributed by atoms with Crippen molar-refractivity contribution in [2.24, 2.45) is 0 Å². The summed E-state index contributed by atoms with van der Waals surface area (Å²) in [7, 11) is 0. The molecule has 14 heavy (non-hydrogen) atoms. The highest BCUT2D eigenvalue weighted by Crippen LogP contribution is 2.25. The van der Waals surface area contributed by atoms with Gasteiger partial charge in [0.2, 0.25) is 0 Å². The lowest BCUT2D eigenvalue weighted by atomic mass is 9.90. The molecule has 0 aromatic heterocycles. The molecular formula is C13H18O. The van der Waals surface area contributed by atoms with Crippen molar-refractivity contribution >= 4 is 6.29 Å². The molecule has 0 saturated heterocycles. The monoisotopic (exact) mass is 190 g/mol. The minimum atomic E-state index is 0.340. The summed E-state index contributed by atoms with van der Waals surface area (Å²) < 4.78 is 0. The molecule has 1 aromatic carbocycles. The first-order valence-electron chi connectivity index (χ1n) is 5.08. The van der Waals surface area contributed by atoms with Gasteiger partial charge in [-0.2, -0.15) is 0 Å². The maximum Gasteiger partial charge on any atom is 0.120 e. The minimum Gasteiger partial charge on any atom is -0.303 e. The van der Waals surface area contributed by atoms with E-state index in [1.165, 1.54) is 22.3 Å². The molecule has 0 N–H and O–H groups in total. The highest BCUT2D eigenvalue weighted by atomic mass is 16.1. The Morgan fingerprint density at radius 2 is 1.86 bits per heavy atom. The fourth-order valence-electron chi connectivity index (χ4n) is 1.78. The van der Waals surface area contributed by atoms with Gasteiger partial charge in [0, 0.05) is 6.42 Å². The summed E-state index contributed by atoms with van der Waals surface area (Å²) in [6, 6.07) is 4.28. The maximum absolute atomic E-state index is 10.5. The molecule has 1 nitrogen and oxygen atoms in total. The number of carbonyl (C=O) groups is 1. The van der Waals surface area contributed by atoms with Crippen LogP contribution in [0.3, 0.4) is 0 Å². The molecule has 0 fully saturated rings. The second-order valence-corrected chi connectivity index (χ2v) is 4.03. The number of aryl methyl sites for hydroxylation is 1. The maximum atomic E-state index is 10.5. The zero-order valence-corrected chi connectivity index (χ0v) is 9.42. The smallest absolute Gasteiger partial charge is 0.120 e. The predicted molar refractivity (Wildman–Crippen MR) is 59.7 cm³/mol. The average Bonchev–Trinajstić information content (AvgIpc) is 2.15. The highest BCUT2D eigenvalue weighted by Gasteiger charge is 2.10. The molecule has 76 valence electrons. The molecule has 0 spiro atoms. The molecule has 1 atom stereocenters. The van der Waals surface area contributed by atoms with E-state index in [4.69, 9.17) is 0 Å². The van der Waals surface area contributed by atoms with Crippen molar-refractivity contribution in [3.63, 3.8) is 0 Å². The van der Waals surface area contributed by atoms with E-state index in [0.717, 1.165) is 6.29 Å². The molecule has 0 heterocycles. The van der Waals surface area contributed by atoms with Crippen LogP contribution in [0.5, 0.6) is 0 Å². The van der Waals surface area contributed by atoms with E-state index in [0.29, 0.717) is 12.3 Å². The van der Waals surface area contributed by atoms with Gasteiger partial charge in [-0.15, -0.1) is 0 Å². The lowest BCUT2D eigenvalue weighted by molar-refractivity contribution is -0.108. The van der Waals surface area contributed by atoms with Crippen molar-refractivity contribution in [3.05, 3.63) is 34.4 Å². The summed E-state index contributed by atoms with van der Waals surface area (Å²) in [5, 5.41) is 0. The third kappa shape index (κ3) is 2.03. The third-order valence-corrected chi connectivity index (χ3v) is 3.08. The molecule has 0 aliphatic rings. The molecule has 0 aliphatic carbocycles. The Labute approximate surface area is 86.1 Å². The summed E-state index contributed by atoms with van der Waals surface area (Å²) in [5.74, 6) is 0.340. The number of hydrogen-bond donors (Lipinski definition) is 0. The van der Waals surface area contributed by atoms with Crippen molar-refractivity contribution < 1.29 is 4.79 Å². The summed E-state index contributed by atoms with van der Waals surface area (Å²) in [6.07, 6.45) is 1.61. The fourth-order valence-corrected chi connectivity index (χ4v) is 1.78. The zero-order valence-electron chi connectivity index (χ0n) is 9.42. The number of aldehydes is 1. The molecule has 0 aliphatic heterocycles. The van der Waals surface area contributed by atoms with Gasteiger partial charge in [-0.05, 0) is 48.9 Å². The van der Waals surface area contributed by atoms with Crippen LogP contribution < -0.4 is 0 Å². The lowest BCUT2D eigenvalue weighted by Gasteiger charge is -2.15. The first-order valence-corrected chi connectivity index (χ1v) is 5.08. The van der Waals surface area contributed by atoms with Crippen molar-refractivity contribution in [3.8, 4) is 0 Å². The predicted octanol–water partition coefficient (Wildman–Crippen LogP) is 3.30. The molecule has 1 aromatic rings. The standard InChI is InChI=1S/C13H18O/c1-9-5-6-13(10(2)7-8-14)12(4)11(9)3/h5-6,8,10H,7H2,1-4H3. The molecule has 0 amide bonds. The van der Waals surface area contributed by atoms with Gasteiger partial charge >= 0.3 is 0 Å². The van der Waals surface area contributed by atoms with E-state index in [-0.39, 0.29) is 0 Å². The normalized spacial score (nSPS) is 12.6. The van der Waals surface area contributed by atoms with Crippen LogP contribution in [0.2, 0.25) is 0 Å². The van der Waals surface area contributed by atoms with Crippen molar-refractivity contribution in [1.29, 1.82) is 0 Å². The Kier molecular flexibility index (Phi) is 3.45. The van der Waals surface area contributed by atoms with Gasteiger partial charge in [-0.3, -0.25) is 0 Å². The van der Waals surface area contributed by atoms with Crippen LogP contribution in [-0.2, 0) is 4.79 Å².